The standard InChI is InChI=1S/C28H27Cl2N7O2/c1-28(32-2)9-11-36(12-10-28)22-8-7-18(13-23(22)39-3)34-27-33-15-19-24(35-27)17(14-31)16-37(26(19)38)25-20(29)5-4-6-21(25)30/h4-8,13,15-16,32H,9-12H2,1-3H3,(H,33,34,35). The highest BCUT2D eigenvalue weighted by Gasteiger charge is 2.29. The van der Waals surface area contributed by atoms with Crippen LogP contribution in [0.2, 0.25) is 10.0 Å². The molecule has 2 N–H and O–H groups in total. The number of hydrogen-bond donors (Lipinski definition) is 2. The van der Waals surface area contributed by atoms with Gasteiger partial charge in [0.2, 0.25) is 5.95 Å². The quantitative estimate of drug-likeness (QED) is 0.325. The number of halogens is 2. The SMILES string of the molecule is CNC1(C)CCN(c2ccc(Nc3ncc4c(=O)n(-c5c(Cl)cccc5Cl)cc(C#N)c4n3)cc2OC)CC1. The zero-order valence-electron chi connectivity index (χ0n) is 21.8. The summed E-state index contributed by atoms with van der Waals surface area (Å²) in [6.45, 7) is 4.08. The van der Waals surface area contributed by atoms with Crippen molar-refractivity contribution in [2.75, 3.05) is 37.5 Å². The minimum absolute atomic E-state index is 0.143. The van der Waals surface area contributed by atoms with Crippen LogP contribution in [0.15, 0.2) is 53.6 Å². The Morgan fingerprint density at radius 3 is 2.51 bits per heavy atom. The number of fused-ring (bicyclic) bond motifs is 1. The van der Waals surface area contributed by atoms with Gasteiger partial charge in [0.1, 0.15) is 17.3 Å². The molecule has 0 aliphatic carbocycles. The lowest BCUT2D eigenvalue weighted by atomic mass is 9.89. The Kier molecular flexibility index (Phi) is 7.36. The highest BCUT2D eigenvalue weighted by Crippen LogP contribution is 2.35. The number of nitrogens with zero attached hydrogens (tertiary/aromatic N) is 5. The second-order valence-electron chi connectivity index (χ2n) is 9.67. The van der Waals surface area contributed by atoms with E-state index in [9.17, 15) is 10.1 Å². The topological polar surface area (TPSA) is 108 Å². The Balaban J connectivity index is 1.46. The number of piperidine rings is 1. The molecule has 200 valence electrons. The van der Waals surface area contributed by atoms with Crippen molar-refractivity contribution in [1.29, 1.82) is 5.26 Å². The van der Waals surface area contributed by atoms with Gasteiger partial charge in [0, 0.05) is 42.8 Å². The molecule has 0 bridgehead atoms. The van der Waals surface area contributed by atoms with E-state index in [1.54, 1.807) is 25.3 Å². The number of methoxy groups -OCH3 is 1. The molecule has 5 rings (SSSR count). The molecule has 11 heteroatoms. The van der Waals surface area contributed by atoms with E-state index >= 15 is 0 Å². The van der Waals surface area contributed by atoms with Crippen LogP contribution in [-0.2, 0) is 0 Å². The first kappa shape index (κ1) is 26.8. The average molecular weight is 564 g/mol. The number of anilines is 3. The summed E-state index contributed by atoms with van der Waals surface area (Å²) >= 11 is 12.6. The number of nitriles is 1. The number of ether oxygens (including phenoxy) is 1. The van der Waals surface area contributed by atoms with Crippen molar-refractivity contribution < 1.29 is 4.74 Å². The van der Waals surface area contributed by atoms with Gasteiger partial charge < -0.3 is 20.3 Å². The van der Waals surface area contributed by atoms with Gasteiger partial charge >= 0.3 is 0 Å². The third kappa shape index (κ3) is 5.11. The molecule has 3 heterocycles. The Morgan fingerprint density at radius 2 is 1.87 bits per heavy atom. The minimum atomic E-state index is -0.438. The molecule has 1 fully saturated rings. The Bertz CT molecular complexity index is 1640. The molecule has 0 atom stereocenters. The van der Waals surface area contributed by atoms with Crippen molar-refractivity contribution in [2.24, 2.45) is 0 Å². The number of hydrogen-bond acceptors (Lipinski definition) is 8. The lowest BCUT2D eigenvalue weighted by Gasteiger charge is -2.40. The van der Waals surface area contributed by atoms with Crippen LogP contribution >= 0.6 is 23.2 Å². The molecule has 9 nitrogen and oxygen atoms in total. The normalized spacial score (nSPS) is 14.7. The van der Waals surface area contributed by atoms with Gasteiger partial charge in [0.15, 0.2) is 0 Å². The lowest BCUT2D eigenvalue weighted by Crippen LogP contribution is -2.50. The summed E-state index contributed by atoms with van der Waals surface area (Å²) in [6.07, 6.45) is 4.85. The van der Waals surface area contributed by atoms with Gasteiger partial charge in [-0.25, -0.2) is 9.97 Å². The fourth-order valence-electron chi connectivity index (χ4n) is 4.79. The summed E-state index contributed by atoms with van der Waals surface area (Å²) in [5.41, 5.74) is 2.13. The maximum Gasteiger partial charge on any atom is 0.266 e. The van der Waals surface area contributed by atoms with Crippen LogP contribution in [0.5, 0.6) is 5.75 Å². The fourth-order valence-corrected chi connectivity index (χ4v) is 5.37. The summed E-state index contributed by atoms with van der Waals surface area (Å²) in [5.74, 6) is 0.968. The first-order chi connectivity index (χ1) is 18.8. The number of pyridine rings is 1. The molecule has 2 aromatic heterocycles. The molecular formula is C28H27Cl2N7O2. The third-order valence-corrected chi connectivity index (χ3v) is 7.91. The van der Waals surface area contributed by atoms with E-state index in [4.69, 9.17) is 27.9 Å². The third-order valence-electron chi connectivity index (χ3n) is 7.30. The minimum Gasteiger partial charge on any atom is -0.495 e. The van der Waals surface area contributed by atoms with Crippen LogP contribution in [0.1, 0.15) is 25.3 Å². The molecule has 1 aliphatic rings. The molecule has 1 aliphatic heterocycles. The average Bonchev–Trinajstić information content (AvgIpc) is 2.94. The van der Waals surface area contributed by atoms with Crippen molar-refractivity contribution in [1.82, 2.24) is 19.9 Å². The number of para-hydroxylation sites is 1. The van der Waals surface area contributed by atoms with Crippen molar-refractivity contribution in [2.45, 2.75) is 25.3 Å². The van der Waals surface area contributed by atoms with E-state index < -0.39 is 5.56 Å². The van der Waals surface area contributed by atoms with Crippen LogP contribution in [0.3, 0.4) is 0 Å². The fraction of sp³-hybridized carbons (Fsp3) is 0.286. The van der Waals surface area contributed by atoms with E-state index in [-0.39, 0.29) is 38.0 Å². The van der Waals surface area contributed by atoms with Gasteiger partial charge in [0.05, 0.1) is 39.5 Å². The molecule has 1 saturated heterocycles. The van der Waals surface area contributed by atoms with Crippen molar-refractivity contribution in [3.63, 3.8) is 0 Å². The van der Waals surface area contributed by atoms with Gasteiger partial charge in [-0.2, -0.15) is 5.26 Å². The molecule has 0 radical (unpaired) electrons. The Labute approximate surface area is 236 Å². The molecule has 39 heavy (non-hydrogen) atoms. The summed E-state index contributed by atoms with van der Waals surface area (Å²) in [7, 11) is 3.65. The number of nitrogens with one attached hydrogen (secondary N) is 2. The monoisotopic (exact) mass is 563 g/mol. The van der Waals surface area contributed by atoms with Gasteiger partial charge in [-0.15, -0.1) is 0 Å². The number of benzene rings is 2. The number of rotatable bonds is 6. The summed E-state index contributed by atoms with van der Waals surface area (Å²) in [5, 5.41) is 17.2. The summed E-state index contributed by atoms with van der Waals surface area (Å²) in [6, 6.07) is 12.9. The molecule has 0 spiro atoms. The van der Waals surface area contributed by atoms with E-state index in [0.29, 0.717) is 11.4 Å². The van der Waals surface area contributed by atoms with Crippen LogP contribution in [0, 0.1) is 11.3 Å². The molecule has 2 aromatic carbocycles. The van der Waals surface area contributed by atoms with Crippen LogP contribution < -0.4 is 25.8 Å². The van der Waals surface area contributed by atoms with Gasteiger partial charge in [0.25, 0.3) is 5.56 Å². The van der Waals surface area contributed by atoms with Gasteiger partial charge in [-0.05, 0) is 51.1 Å². The van der Waals surface area contributed by atoms with Gasteiger partial charge in [-0.3, -0.25) is 9.36 Å². The Morgan fingerprint density at radius 1 is 1.15 bits per heavy atom. The predicted octanol–water partition coefficient (Wildman–Crippen LogP) is 5.29. The highest BCUT2D eigenvalue weighted by molar-refractivity contribution is 6.37. The smallest absolute Gasteiger partial charge is 0.266 e. The van der Waals surface area contributed by atoms with Gasteiger partial charge in [-0.1, -0.05) is 29.3 Å². The molecule has 0 unspecified atom stereocenters. The van der Waals surface area contributed by atoms with Crippen molar-refractivity contribution >= 4 is 51.4 Å². The van der Waals surface area contributed by atoms with Crippen molar-refractivity contribution in [3.8, 4) is 17.5 Å². The summed E-state index contributed by atoms with van der Waals surface area (Å²) in [4.78, 5) is 24.5. The zero-order valence-corrected chi connectivity index (χ0v) is 23.3. The van der Waals surface area contributed by atoms with Crippen molar-refractivity contribution in [3.05, 3.63) is 74.8 Å². The largest absolute Gasteiger partial charge is 0.495 e. The van der Waals surface area contributed by atoms with E-state index in [2.05, 4.69) is 38.5 Å². The van der Waals surface area contributed by atoms with Crippen LogP contribution in [0.4, 0.5) is 17.3 Å². The maximum atomic E-state index is 13.3. The maximum absolute atomic E-state index is 13.3. The molecule has 4 aromatic rings. The number of aromatic nitrogens is 3. The zero-order chi connectivity index (χ0) is 27.7. The second kappa shape index (κ2) is 10.7. The highest BCUT2D eigenvalue weighted by atomic mass is 35.5. The molecule has 0 saturated carbocycles. The van der Waals surface area contributed by atoms with E-state index in [1.807, 2.05) is 25.2 Å². The first-order valence-corrected chi connectivity index (χ1v) is 13.2. The first-order valence-electron chi connectivity index (χ1n) is 12.4. The predicted molar refractivity (Wildman–Crippen MR) is 155 cm³/mol. The van der Waals surface area contributed by atoms with E-state index in [1.165, 1.54) is 17.0 Å². The van der Waals surface area contributed by atoms with Crippen LogP contribution in [0.25, 0.3) is 16.6 Å². The summed E-state index contributed by atoms with van der Waals surface area (Å²) < 4.78 is 6.96. The van der Waals surface area contributed by atoms with Crippen LogP contribution in [-0.4, -0.2) is 47.3 Å². The lowest BCUT2D eigenvalue weighted by molar-refractivity contribution is 0.303. The molecule has 0 amide bonds. The van der Waals surface area contributed by atoms with E-state index in [0.717, 1.165) is 37.4 Å². The molecular weight excluding hydrogens is 537 g/mol. The second-order valence-corrected chi connectivity index (χ2v) is 10.5. The Hall–Kier alpha value is -3.84.